The molecule has 3 heteroatoms. The average molecular weight is 255 g/mol. The van der Waals surface area contributed by atoms with Gasteiger partial charge < -0.3 is 4.90 Å². The Morgan fingerprint density at radius 2 is 2.16 bits per heavy atom. The Kier molecular flexibility index (Phi) is 3.18. The lowest BCUT2D eigenvalue weighted by Crippen LogP contribution is -2.24. The van der Waals surface area contributed by atoms with E-state index in [1.54, 1.807) is 0 Å². The van der Waals surface area contributed by atoms with Crippen LogP contribution < -0.4 is 4.90 Å². The Morgan fingerprint density at radius 1 is 1.42 bits per heavy atom. The molecule has 2 atom stereocenters. The van der Waals surface area contributed by atoms with Crippen molar-refractivity contribution in [2.75, 3.05) is 18.5 Å². The van der Waals surface area contributed by atoms with E-state index in [4.69, 9.17) is 4.98 Å². The van der Waals surface area contributed by atoms with Crippen molar-refractivity contribution in [3.05, 3.63) is 22.9 Å². The molecule has 1 aromatic heterocycles. The van der Waals surface area contributed by atoms with Gasteiger partial charge in [0.15, 0.2) is 0 Å². The SMILES string of the molecule is CC1CC1CN(C)c1nc2c(cc1C#N)CCCC2. The second-order valence-corrected chi connectivity index (χ2v) is 6.14. The quantitative estimate of drug-likeness (QED) is 0.833. The number of anilines is 1. The second kappa shape index (κ2) is 4.85. The largest absolute Gasteiger partial charge is 0.358 e. The van der Waals surface area contributed by atoms with Gasteiger partial charge in [0, 0.05) is 19.3 Å². The maximum Gasteiger partial charge on any atom is 0.146 e. The van der Waals surface area contributed by atoms with E-state index >= 15 is 0 Å². The number of fused-ring (bicyclic) bond motifs is 1. The van der Waals surface area contributed by atoms with Crippen LogP contribution in [0.25, 0.3) is 0 Å². The third kappa shape index (κ3) is 2.45. The summed E-state index contributed by atoms with van der Waals surface area (Å²) in [7, 11) is 2.07. The van der Waals surface area contributed by atoms with Gasteiger partial charge in [0.1, 0.15) is 11.9 Å². The Balaban J connectivity index is 1.88. The molecule has 1 aromatic rings. The molecule has 1 saturated carbocycles. The molecular formula is C16H21N3. The Hall–Kier alpha value is -1.56. The van der Waals surface area contributed by atoms with Gasteiger partial charge in [-0.25, -0.2) is 4.98 Å². The monoisotopic (exact) mass is 255 g/mol. The molecule has 3 rings (SSSR count). The first kappa shape index (κ1) is 12.5. The first-order chi connectivity index (χ1) is 9.19. The fraction of sp³-hybridized carbons (Fsp3) is 0.625. The van der Waals surface area contributed by atoms with E-state index in [1.165, 1.54) is 30.5 Å². The van der Waals surface area contributed by atoms with Crippen LogP contribution in [0.1, 0.15) is 43.0 Å². The molecule has 0 bridgehead atoms. The third-order valence-corrected chi connectivity index (χ3v) is 4.55. The van der Waals surface area contributed by atoms with Crippen LogP contribution in [0.3, 0.4) is 0 Å². The first-order valence-corrected chi connectivity index (χ1v) is 7.33. The molecule has 0 spiro atoms. The van der Waals surface area contributed by atoms with Crippen LogP contribution >= 0.6 is 0 Å². The molecule has 2 aliphatic rings. The maximum absolute atomic E-state index is 9.35. The molecule has 2 aliphatic carbocycles. The number of hydrogen-bond acceptors (Lipinski definition) is 3. The fourth-order valence-electron chi connectivity index (χ4n) is 3.09. The molecule has 100 valence electrons. The van der Waals surface area contributed by atoms with Gasteiger partial charge in [-0.1, -0.05) is 6.92 Å². The van der Waals surface area contributed by atoms with Crippen molar-refractivity contribution in [3.63, 3.8) is 0 Å². The molecule has 0 amide bonds. The number of pyridine rings is 1. The van der Waals surface area contributed by atoms with Crippen LogP contribution in [0.5, 0.6) is 0 Å². The van der Waals surface area contributed by atoms with Crippen molar-refractivity contribution in [1.82, 2.24) is 4.98 Å². The Labute approximate surface area is 115 Å². The first-order valence-electron chi connectivity index (χ1n) is 7.33. The summed E-state index contributed by atoms with van der Waals surface area (Å²) in [6.07, 6.45) is 5.93. The molecule has 0 aromatic carbocycles. The zero-order valence-electron chi connectivity index (χ0n) is 11.8. The minimum atomic E-state index is 0.747. The van der Waals surface area contributed by atoms with Gasteiger partial charge >= 0.3 is 0 Å². The van der Waals surface area contributed by atoms with Crippen molar-refractivity contribution in [2.45, 2.75) is 39.0 Å². The molecule has 1 heterocycles. The lowest BCUT2D eigenvalue weighted by molar-refractivity contribution is 0.661. The highest BCUT2D eigenvalue weighted by Crippen LogP contribution is 2.39. The van der Waals surface area contributed by atoms with Gasteiger partial charge in [-0.05, 0) is 55.6 Å². The summed E-state index contributed by atoms with van der Waals surface area (Å²) >= 11 is 0. The highest BCUT2D eigenvalue weighted by atomic mass is 15.2. The number of aromatic nitrogens is 1. The van der Waals surface area contributed by atoms with E-state index in [2.05, 4.69) is 31.0 Å². The third-order valence-electron chi connectivity index (χ3n) is 4.55. The number of aryl methyl sites for hydroxylation is 2. The fourth-order valence-corrected chi connectivity index (χ4v) is 3.09. The van der Waals surface area contributed by atoms with E-state index in [9.17, 15) is 5.26 Å². The summed E-state index contributed by atoms with van der Waals surface area (Å²) in [4.78, 5) is 6.98. The van der Waals surface area contributed by atoms with Gasteiger partial charge in [-0.15, -0.1) is 0 Å². The normalized spacial score (nSPS) is 24.5. The van der Waals surface area contributed by atoms with E-state index in [0.29, 0.717) is 0 Å². The zero-order valence-corrected chi connectivity index (χ0v) is 11.8. The summed E-state index contributed by atoms with van der Waals surface area (Å²) in [6, 6.07) is 4.40. The van der Waals surface area contributed by atoms with Crippen molar-refractivity contribution in [1.29, 1.82) is 5.26 Å². The van der Waals surface area contributed by atoms with Gasteiger partial charge in [0.05, 0.1) is 5.56 Å². The standard InChI is InChI=1S/C16H21N3/c1-11-7-14(11)10-19(2)16-13(9-17)8-12-5-3-4-6-15(12)18-16/h8,11,14H,3-7,10H2,1-2H3. The predicted octanol–water partition coefficient (Wildman–Crippen LogP) is 2.92. The van der Waals surface area contributed by atoms with E-state index in [1.807, 2.05) is 0 Å². The van der Waals surface area contributed by atoms with Crippen LogP contribution in [0, 0.1) is 23.2 Å². The molecule has 3 nitrogen and oxygen atoms in total. The van der Waals surface area contributed by atoms with Crippen LogP contribution in [-0.4, -0.2) is 18.6 Å². The van der Waals surface area contributed by atoms with Crippen LogP contribution in [0.15, 0.2) is 6.07 Å². The summed E-state index contributed by atoms with van der Waals surface area (Å²) in [5, 5.41) is 9.35. The minimum absolute atomic E-state index is 0.747. The molecule has 19 heavy (non-hydrogen) atoms. The predicted molar refractivity (Wildman–Crippen MR) is 76.1 cm³/mol. The molecule has 1 fully saturated rings. The maximum atomic E-state index is 9.35. The van der Waals surface area contributed by atoms with Gasteiger partial charge in [0.2, 0.25) is 0 Å². The lowest BCUT2D eigenvalue weighted by Gasteiger charge is -2.23. The summed E-state index contributed by atoms with van der Waals surface area (Å²) in [5.41, 5.74) is 3.26. The van der Waals surface area contributed by atoms with Crippen molar-refractivity contribution in [3.8, 4) is 6.07 Å². The molecule has 2 unspecified atom stereocenters. The van der Waals surface area contributed by atoms with Gasteiger partial charge in [-0.2, -0.15) is 5.26 Å². The highest BCUT2D eigenvalue weighted by molar-refractivity contribution is 5.56. The lowest BCUT2D eigenvalue weighted by atomic mass is 9.95. The smallest absolute Gasteiger partial charge is 0.146 e. The molecular weight excluding hydrogens is 234 g/mol. The topological polar surface area (TPSA) is 39.9 Å². The van der Waals surface area contributed by atoms with Crippen LogP contribution in [0.4, 0.5) is 5.82 Å². The van der Waals surface area contributed by atoms with Crippen LogP contribution in [0.2, 0.25) is 0 Å². The molecule has 0 radical (unpaired) electrons. The summed E-state index contributed by atoms with van der Waals surface area (Å²) < 4.78 is 0. The summed E-state index contributed by atoms with van der Waals surface area (Å²) in [5.74, 6) is 2.52. The Morgan fingerprint density at radius 3 is 2.84 bits per heavy atom. The number of hydrogen-bond donors (Lipinski definition) is 0. The highest BCUT2D eigenvalue weighted by Gasteiger charge is 2.34. The minimum Gasteiger partial charge on any atom is -0.358 e. The van der Waals surface area contributed by atoms with Crippen molar-refractivity contribution >= 4 is 5.82 Å². The van der Waals surface area contributed by atoms with Crippen molar-refractivity contribution < 1.29 is 0 Å². The number of rotatable bonds is 3. The molecule has 0 saturated heterocycles. The Bertz CT molecular complexity index is 530. The van der Waals surface area contributed by atoms with Gasteiger partial charge in [-0.3, -0.25) is 0 Å². The second-order valence-electron chi connectivity index (χ2n) is 6.14. The summed E-state index contributed by atoms with van der Waals surface area (Å²) in [6.45, 7) is 3.33. The van der Waals surface area contributed by atoms with Crippen molar-refractivity contribution in [2.24, 2.45) is 11.8 Å². The average Bonchev–Trinajstić information content (AvgIpc) is 3.12. The van der Waals surface area contributed by atoms with Gasteiger partial charge in [0.25, 0.3) is 0 Å². The molecule has 0 aliphatic heterocycles. The number of nitrogens with zero attached hydrogens (tertiary/aromatic N) is 3. The zero-order chi connectivity index (χ0) is 13.4. The van der Waals surface area contributed by atoms with E-state index in [0.717, 1.165) is 42.6 Å². The van der Waals surface area contributed by atoms with E-state index < -0.39 is 0 Å². The van der Waals surface area contributed by atoms with Crippen LogP contribution in [-0.2, 0) is 12.8 Å². The molecule has 0 N–H and O–H groups in total. The number of nitriles is 1. The van der Waals surface area contributed by atoms with E-state index in [-0.39, 0.29) is 0 Å².